The van der Waals surface area contributed by atoms with Crippen LogP contribution in [0.15, 0.2) is 48.7 Å². The maximum absolute atomic E-state index is 13.7. The Kier molecular flexibility index (Phi) is 7.09. The van der Waals surface area contributed by atoms with Crippen LogP contribution in [0.3, 0.4) is 0 Å². The van der Waals surface area contributed by atoms with E-state index in [-0.39, 0.29) is 23.3 Å². The van der Waals surface area contributed by atoms with Crippen LogP contribution in [0.1, 0.15) is 61.9 Å². The van der Waals surface area contributed by atoms with Crippen LogP contribution in [0.4, 0.5) is 10.5 Å². The molecule has 0 bridgehead atoms. The Morgan fingerprint density at radius 3 is 2.55 bits per heavy atom. The van der Waals surface area contributed by atoms with Gasteiger partial charge in [0.25, 0.3) is 11.8 Å². The lowest BCUT2D eigenvalue weighted by Crippen LogP contribution is -2.55. The van der Waals surface area contributed by atoms with E-state index in [1.807, 2.05) is 24.3 Å². The molecule has 4 heterocycles. The molecular formula is C31H36ClN5O3. The van der Waals surface area contributed by atoms with Crippen molar-refractivity contribution in [1.29, 1.82) is 0 Å². The zero-order chi connectivity index (χ0) is 28.0. The molecule has 8 nitrogen and oxygen atoms in total. The number of hydrogen-bond donors (Lipinski definition) is 2. The van der Waals surface area contributed by atoms with Gasteiger partial charge in [-0.1, -0.05) is 43.6 Å². The molecule has 0 aliphatic carbocycles. The van der Waals surface area contributed by atoms with Gasteiger partial charge >= 0.3 is 6.03 Å². The first-order chi connectivity index (χ1) is 19.2. The summed E-state index contributed by atoms with van der Waals surface area (Å²) >= 11 is 6.17. The number of fused-ring (bicyclic) bond motifs is 2. The molecular weight excluding hydrogens is 526 g/mol. The van der Waals surface area contributed by atoms with E-state index in [9.17, 15) is 14.4 Å². The molecule has 210 valence electrons. The van der Waals surface area contributed by atoms with Gasteiger partial charge in [0.15, 0.2) is 0 Å². The van der Waals surface area contributed by atoms with Crippen LogP contribution in [0.25, 0.3) is 10.9 Å². The number of amides is 4. The number of likely N-dealkylation sites (tertiary alicyclic amines) is 1. The number of rotatable bonds is 7. The van der Waals surface area contributed by atoms with Gasteiger partial charge in [-0.3, -0.25) is 9.59 Å². The molecule has 0 saturated carbocycles. The van der Waals surface area contributed by atoms with Crippen LogP contribution in [-0.2, 0) is 10.2 Å². The number of piperidine rings is 1. The number of aromatic amines is 1. The summed E-state index contributed by atoms with van der Waals surface area (Å²) in [5, 5.41) is 4.47. The van der Waals surface area contributed by atoms with E-state index in [2.05, 4.69) is 29.0 Å². The zero-order valence-electron chi connectivity index (χ0n) is 23.1. The molecule has 1 aromatic heterocycles. The quantitative estimate of drug-likeness (QED) is 0.382. The Labute approximate surface area is 239 Å². The maximum atomic E-state index is 13.7. The van der Waals surface area contributed by atoms with E-state index in [1.165, 1.54) is 36.4 Å². The summed E-state index contributed by atoms with van der Waals surface area (Å²) in [4.78, 5) is 48.8. The van der Waals surface area contributed by atoms with E-state index in [4.69, 9.17) is 11.6 Å². The molecule has 0 radical (unpaired) electrons. The van der Waals surface area contributed by atoms with Gasteiger partial charge in [0, 0.05) is 29.2 Å². The number of hydrogen-bond acceptors (Lipinski definition) is 4. The Hall–Kier alpha value is -3.36. The molecule has 3 aliphatic rings. The van der Waals surface area contributed by atoms with E-state index in [1.54, 1.807) is 29.3 Å². The average Bonchev–Trinajstić information content (AvgIpc) is 3.67. The van der Waals surface area contributed by atoms with Crippen molar-refractivity contribution in [3.8, 4) is 0 Å². The number of nitrogens with one attached hydrogen (secondary N) is 2. The third kappa shape index (κ3) is 4.88. The van der Waals surface area contributed by atoms with Crippen molar-refractivity contribution < 1.29 is 14.4 Å². The second-order valence-electron chi connectivity index (χ2n) is 11.9. The summed E-state index contributed by atoms with van der Waals surface area (Å²) in [7, 11) is 0. The molecule has 3 aliphatic heterocycles. The molecule has 40 heavy (non-hydrogen) atoms. The Bertz CT molecular complexity index is 1440. The second kappa shape index (κ2) is 10.6. The van der Waals surface area contributed by atoms with Crippen LogP contribution >= 0.6 is 11.6 Å². The number of benzene rings is 2. The predicted molar refractivity (Wildman–Crippen MR) is 157 cm³/mol. The highest BCUT2D eigenvalue weighted by Gasteiger charge is 2.51. The third-order valence-electron chi connectivity index (χ3n) is 8.91. The lowest BCUT2D eigenvalue weighted by Gasteiger charge is -2.34. The van der Waals surface area contributed by atoms with Gasteiger partial charge < -0.3 is 20.1 Å². The number of imide groups is 1. The fourth-order valence-electron chi connectivity index (χ4n) is 6.39. The lowest BCUT2D eigenvalue weighted by atomic mass is 9.81. The number of urea groups is 1. The first-order valence-electron chi connectivity index (χ1n) is 14.3. The fraction of sp³-hybridized carbons (Fsp3) is 0.452. The normalized spacial score (nSPS) is 21.9. The van der Waals surface area contributed by atoms with Crippen molar-refractivity contribution in [1.82, 2.24) is 20.1 Å². The molecule has 3 fully saturated rings. The minimum Gasteiger partial charge on any atom is -0.360 e. The first kappa shape index (κ1) is 26.8. The molecule has 0 spiro atoms. The molecule has 6 rings (SSSR count). The van der Waals surface area contributed by atoms with Crippen LogP contribution in [0.5, 0.6) is 0 Å². The molecule has 3 saturated heterocycles. The molecule has 9 heteroatoms. The van der Waals surface area contributed by atoms with E-state index < -0.39 is 12.1 Å². The highest BCUT2D eigenvalue weighted by Crippen LogP contribution is 2.34. The number of carbonyl (C=O) groups is 3. The van der Waals surface area contributed by atoms with Crippen LogP contribution in [0, 0.1) is 0 Å². The number of nitrogens with zero attached hydrogens (tertiary/aromatic N) is 3. The molecule has 2 atom stereocenters. The summed E-state index contributed by atoms with van der Waals surface area (Å²) < 4.78 is 0. The smallest absolute Gasteiger partial charge is 0.332 e. The Morgan fingerprint density at radius 1 is 1.05 bits per heavy atom. The van der Waals surface area contributed by atoms with Crippen molar-refractivity contribution in [3.63, 3.8) is 0 Å². The van der Waals surface area contributed by atoms with Crippen molar-refractivity contribution in [3.05, 3.63) is 64.8 Å². The molecule has 2 N–H and O–H groups in total. The van der Waals surface area contributed by atoms with E-state index in [0.717, 1.165) is 23.9 Å². The Balaban J connectivity index is 1.16. The van der Waals surface area contributed by atoms with Gasteiger partial charge in [0.2, 0.25) is 0 Å². The summed E-state index contributed by atoms with van der Waals surface area (Å²) in [5.41, 5.74) is 2.99. The summed E-state index contributed by atoms with van der Waals surface area (Å²) in [6, 6.07) is 11.6. The number of halogens is 1. The monoisotopic (exact) mass is 561 g/mol. The summed E-state index contributed by atoms with van der Waals surface area (Å²) in [5.74, 6) is -0.568. The van der Waals surface area contributed by atoms with Gasteiger partial charge in [-0.05, 0) is 87.0 Å². The molecule has 3 aromatic rings. The van der Waals surface area contributed by atoms with Crippen molar-refractivity contribution >= 4 is 46.0 Å². The number of carbonyl (C=O) groups excluding carboxylic acids is 3. The van der Waals surface area contributed by atoms with E-state index >= 15 is 0 Å². The van der Waals surface area contributed by atoms with Crippen LogP contribution < -0.4 is 10.2 Å². The van der Waals surface area contributed by atoms with Crippen molar-refractivity contribution in [2.45, 2.75) is 63.5 Å². The topological polar surface area (TPSA) is 88.8 Å². The average molecular weight is 562 g/mol. The largest absolute Gasteiger partial charge is 0.360 e. The number of aromatic nitrogens is 1. The lowest BCUT2D eigenvalue weighted by molar-refractivity contribution is -0.121. The highest BCUT2D eigenvalue weighted by molar-refractivity contribution is 6.35. The number of H-pyrrole nitrogens is 1. The minimum absolute atomic E-state index is 0.0124. The SMILES string of the molecule is CC(C)(CCN1CCCC1)c1ccc(N2C(=O)[C@@H]3[C@H](NC(=O)c4ccc5c(Cl)c[nH]c5c4)CCCN3C2=O)cc1. The van der Waals surface area contributed by atoms with Crippen molar-refractivity contribution in [2.75, 3.05) is 31.1 Å². The minimum atomic E-state index is -0.717. The van der Waals surface area contributed by atoms with E-state index in [0.29, 0.717) is 35.7 Å². The maximum Gasteiger partial charge on any atom is 0.332 e. The zero-order valence-corrected chi connectivity index (χ0v) is 23.8. The van der Waals surface area contributed by atoms with Gasteiger partial charge in [0.05, 0.1) is 16.8 Å². The van der Waals surface area contributed by atoms with Gasteiger partial charge in [-0.15, -0.1) is 0 Å². The summed E-state index contributed by atoms with van der Waals surface area (Å²) in [6.07, 6.45) is 6.65. The van der Waals surface area contributed by atoms with Gasteiger partial charge in [-0.2, -0.15) is 0 Å². The molecule has 2 aromatic carbocycles. The van der Waals surface area contributed by atoms with Gasteiger partial charge in [0.1, 0.15) is 6.04 Å². The predicted octanol–water partition coefficient (Wildman–Crippen LogP) is 5.31. The van der Waals surface area contributed by atoms with Crippen LogP contribution in [0.2, 0.25) is 5.02 Å². The van der Waals surface area contributed by atoms with Crippen molar-refractivity contribution in [2.24, 2.45) is 0 Å². The fourth-order valence-corrected chi connectivity index (χ4v) is 6.61. The molecule has 4 amide bonds. The molecule has 0 unspecified atom stereocenters. The number of anilines is 1. The van der Waals surface area contributed by atoms with Gasteiger partial charge in [-0.25, -0.2) is 9.69 Å². The summed E-state index contributed by atoms with van der Waals surface area (Å²) in [6.45, 7) is 8.44. The third-order valence-corrected chi connectivity index (χ3v) is 9.22. The first-order valence-corrected chi connectivity index (χ1v) is 14.7. The second-order valence-corrected chi connectivity index (χ2v) is 12.4. The highest BCUT2D eigenvalue weighted by atomic mass is 35.5. The Morgan fingerprint density at radius 2 is 1.80 bits per heavy atom. The van der Waals surface area contributed by atoms with Crippen LogP contribution in [-0.4, -0.2) is 70.9 Å². The standard InChI is InChI=1S/C31H36ClN5O3/c1-31(2,13-17-35-14-3-4-15-35)21-8-10-22(11-9-21)37-29(39)27-25(6-5-16-36(27)30(37)40)34-28(38)20-7-12-23-24(32)19-33-26(23)18-20/h7-12,18-19,25,27,33H,3-6,13-17H2,1-2H3,(H,34,38)/t25-,27+/m1/s1.